The second kappa shape index (κ2) is 9.76. The number of carbonyl (C=O) groups excluding carboxylic acids is 1. The molecule has 2 heterocycles. The lowest BCUT2D eigenvalue weighted by atomic mass is 9.99. The molecule has 0 saturated heterocycles. The molecule has 0 fully saturated rings. The second-order valence-corrected chi connectivity index (χ2v) is 10.4. The van der Waals surface area contributed by atoms with Crippen LogP contribution in [0.1, 0.15) is 44.4 Å². The van der Waals surface area contributed by atoms with Crippen LogP contribution in [0.5, 0.6) is 5.75 Å². The molecule has 34 heavy (non-hydrogen) atoms. The largest absolute Gasteiger partial charge is 0.497 e. The Hall–Kier alpha value is -2.90. The number of aryl methyl sites for hydroxylation is 5. The molecule has 2 aromatic carbocycles. The molecule has 0 saturated carbocycles. The first-order valence-corrected chi connectivity index (χ1v) is 13.0. The highest BCUT2D eigenvalue weighted by atomic mass is 32.2. The number of fused-ring (bicyclic) bond motifs is 1. The van der Waals surface area contributed by atoms with E-state index < -0.39 is 0 Å². The van der Waals surface area contributed by atoms with Crippen LogP contribution in [0.15, 0.2) is 46.3 Å². The van der Waals surface area contributed by atoms with Crippen molar-refractivity contribution in [3.8, 4) is 11.4 Å². The van der Waals surface area contributed by atoms with E-state index in [0.29, 0.717) is 27.5 Å². The topological polar surface area (TPSA) is 61.2 Å². The van der Waals surface area contributed by atoms with Gasteiger partial charge in [-0.2, -0.15) is 0 Å². The Bertz CT molecular complexity index is 1470. The lowest BCUT2D eigenvalue weighted by Gasteiger charge is -2.14. The van der Waals surface area contributed by atoms with Crippen molar-refractivity contribution in [1.82, 2.24) is 9.55 Å². The second-order valence-electron chi connectivity index (χ2n) is 8.38. The summed E-state index contributed by atoms with van der Waals surface area (Å²) in [6.07, 6.45) is 0.846. The molecule has 0 N–H and O–H groups in total. The van der Waals surface area contributed by atoms with E-state index in [0.717, 1.165) is 32.8 Å². The van der Waals surface area contributed by atoms with Crippen LogP contribution in [0.2, 0.25) is 0 Å². The Morgan fingerprint density at radius 3 is 2.53 bits per heavy atom. The molecule has 2 aromatic heterocycles. The quantitative estimate of drug-likeness (QED) is 0.174. The Labute approximate surface area is 207 Å². The molecule has 176 valence electrons. The van der Waals surface area contributed by atoms with Crippen LogP contribution in [-0.4, -0.2) is 28.2 Å². The molecular weight excluding hydrogens is 464 g/mol. The monoisotopic (exact) mass is 492 g/mol. The third-order valence-corrected chi connectivity index (χ3v) is 8.41. The van der Waals surface area contributed by atoms with Crippen LogP contribution in [-0.2, 0) is 6.42 Å². The lowest BCUT2D eigenvalue weighted by Crippen LogP contribution is -2.22. The molecule has 5 nitrogen and oxygen atoms in total. The predicted molar refractivity (Wildman–Crippen MR) is 142 cm³/mol. The van der Waals surface area contributed by atoms with Crippen LogP contribution in [0.25, 0.3) is 15.9 Å². The number of thiophene rings is 1. The number of rotatable bonds is 7. The molecule has 4 aromatic rings. The number of carbonyl (C=O) groups is 1. The highest BCUT2D eigenvalue weighted by Crippen LogP contribution is 2.31. The molecule has 7 heteroatoms. The van der Waals surface area contributed by atoms with Crippen LogP contribution in [0.3, 0.4) is 0 Å². The lowest BCUT2D eigenvalue weighted by molar-refractivity contribution is 0.102. The average Bonchev–Trinajstić information content (AvgIpc) is 3.15. The SMILES string of the molecule is CCc1sc2nc(SCC(=O)c3cc(C)c(C)cc3C)n(-c3cccc(OC)c3)c(=O)c2c1C. The Morgan fingerprint density at radius 1 is 1.09 bits per heavy atom. The third kappa shape index (κ3) is 4.42. The number of hydrogen-bond acceptors (Lipinski definition) is 6. The van der Waals surface area contributed by atoms with E-state index in [1.165, 1.54) is 17.3 Å². The number of hydrogen-bond donors (Lipinski definition) is 0. The zero-order valence-electron chi connectivity index (χ0n) is 20.3. The van der Waals surface area contributed by atoms with E-state index in [1.807, 2.05) is 64.1 Å². The number of ketones is 1. The van der Waals surface area contributed by atoms with E-state index >= 15 is 0 Å². The molecule has 0 radical (unpaired) electrons. The molecule has 0 aliphatic rings. The minimum Gasteiger partial charge on any atom is -0.497 e. The molecule has 0 bridgehead atoms. The fourth-order valence-electron chi connectivity index (χ4n) is 4.09. The first-order valence-electron chi connectivity index (χ1n) is 11.2. The van der Waals surface area contributed by atoms with Gasteiger partial charge in [-0.25, -0.2) is 4.98 Å². The van der Waals surface area contributed by atoms with E-state index in [4.69, 9.17) is 9.72 Å². The summed E-state index contributed by atoms with van der Waals surface area (Å²) in [5.74, 6) is 0.864. The molecule has 0 amide bonds. The van der Waals surface area contributed by atoms with Gasteiger partial charge in [-0.15, -0.1) is 11.3 Å². The minimum atomic E-state index is -0.121. The maximum atomic E-state index is 13.7. The zero-order valence-corrected chi connectivity index (χ0v) is 21.9. The van der Waals surface area contributed by atoms with Crippen molar-refractivity contribution >= 4 is 39.1 Å². The maximum Gasteiger partial charge on any atom is 0.267 e. The summed E-state index contributed by atoms with van der Waals surface area (Å²) < 4.78 is 6.99. The summed E-state index contributed by atoms with van der Waals surface area (Å²) in [5.41, 5.74) is 5.46. The van der Waals surface area contributed by atoms with Gasteiger partial charge in [0.15, 0.2) is 10.9 Å². The maximum absolute atomic E-state index is 13.7. The molecule has 0 unspecified atom stereocenters. The molecule has 0 spiro atoms. The average molecular weight is 493 g/mol. The van der Waals surface area contributed by atoms with Crippen molar-refractivity contribution in [1.29, 1.82) is 0 Å². The van der Waals surface area contributed by atoms with E-state index in [-0.39, 0.29) is 17.1 Å². The van der Waals surface area contributed by atoms with E-state index in [9.17, 15) is 9.59 Å². The van der Waals surface area contributed by atoms with E-state index in [2.05, 4.69) is 6.92 Å². The summed E-state index contributed by atoms with van der Waals surface area (Å²) in [5, 5.41) is 1.15. The van der Waals surface area contributed by atoms with Gasteiger partial charge < -0.3 is 4.74 Å². The number of Topliss-reactive ketones (excluding diaryl/α,β-unsaturated/α-hetero) is 1. The Kier molecular flexibility index (Phi) is 6.96. The fraction of sp³-hybridized carbons (Fsp3) is 0.296. The number of thioether (sulfide) groups is 1. The van der Waals surface area contributed by atoms with Crippen LogP contribution in [0, 0.1) is 27.7 Å². The van der Waals surface area contributed by atoms with Crippen molar-refractivity contribution in [2.45, 2.75) is 46.2 Å². The number of aromatic nitrogens is 2. The minimum absolute atomic E-state index is 0.0220. The van der Waals surface area contributed by atoms with Gasteiger partial charge in [0.1, 0.15) is 10.6 Å². The van der Waals surface area contributed by atoms with Gasteiger partial charge in [-0.1, -0.05) is 30.8 Å². The molecule has 4 rings (SSSR count). The number of benzene rings is 2. The summed E-state index contributed by atoms with van der Waals surface area (Å²) >= 11 is 2.85. The molecule has 0 atom stereocenters. The summed E-state index contributed by atoms with van der Waals surface area (Å²) in [4.78, 5) is 33.6. The van der Waals surface area contributed by atoms with Gasteiger partial charge in [-0.05, 0) is 74.6 Å². The summed E-state index contributed by atoms with van der Waals surface area (Å²) in [6.45, 7) is 10.1. The normalized spacial score (nSPS) is 11.2. The number of ether oxygens (including phenoxy) is 1. The van der Waals surface area contributed by atoms with Crippen molar-refractivity contribution in [2.75, 3.05) is 12.9 Å². The number of nitrogens with zero attached hydrogens (tertiary/aromatic N) is 2. The van der Waals surface area contributed by atoms with Gasteiger partial charge in [0.2, 0.25) is 0 Å². The van der Waals surface area contributed by atoms with Gasteiger partial charge in [-0.3, -0.25) is 14.2 Å². The van der Waals surface area contributed by atoms with Gasteiger partial charge in [0.05, 0.1) is 23.9 Å². The Morgan fingerprint density at radius 2 is 1.82 bits per heavy atom. The smallest absolute Gasteiger partial charge is 0.267 e. The Balaban J connectivity index is 1.82. The summed E-state index contributed by atoms with van der Waals surface area (Å²) in [7, 11) is 1.60. The third-order valence-electron chi connectivity index (χ3n) is 6.14. The summed E-state index contributed by atoms with van der Waals surface area (Å²) in [6, 6.07) is 11.4. The van der Waals surface area contributed by atoms with Crippen molar-refractivity contribution in [2.24, 2.45) is 0 Å². The predicted octanol–water partition coefficient (Wildman–Crippen LogP) is 6.23. The van der Waals surface area contributed by atoms with E-state index in [1.54, 1.807) is 23.0 Å². The highest BCUT2D eigenvalue weighted by molar-refractivity contribution is 7.99. The zero-order chi connectivity index (χ0) is 24.6. The highest BCUT2D eigenvalue weighted by Gasteiger charge is 2.20. The van der Waals surface area contributed by atoms with Crippen LogP contribution in [0.4, 0.5) is 0 Å². The molecule has 0 aliphatic heterocycles. The van der Waals surface area contributed by atoms with Gasteiger partial charge in [0.25, 0.3) is 5.56 Å². The van der Waals surface area contributed by atoms with Crippen LogP contribution >= 0.6 is 23.1 Å². The van der Waals surface area contributed by atoms with Crippen molar-refractivity contribution in [3.63, 3.8) is 0 Å². The number of methoxy groups -OCH3 is 1. The molecule has 0 aliphatic carbocycles. The van der Waals surface area contributed by atoms with Crippen LogP contribution < -0.4 is 10.3 Å². The first-order chi connectivity index (χ1) is 16.2. The van der Waals surface area contributed by atoms with Gasteiger partial charge in [0, 0.05) is 16.5 Å². The first kappa shape index (κ1) is 24.2. The molecular formula is C27H28N2O3S2. The van der Waals surface area contributed by atoms with Crippen molar-refractivity contribution < 1.29 is 9.53 Å². The fourth-order valence-corrected chi connectivity index (χ4v) is 6.14. The van der Waals surface area contributed by atoms with Gasteiger partial charge >= 0.3 is 0 Å². The van der Waals surface area contributed by atoms with Crippen molar-refractivity contribution in [3.05, 3.63) is 79.4 Å². The standard InChI is InChI=1S/C27H28N2O3S2/c1-7-23-18(5)24-25(34-23)28-27(29(26(24)31)19-9-8-10-20(13-19)32-6)33-14-22(30)21-12-16(3)15(2)11-17(21)4/h8-13H,7,14H2,1-6H3.